The highest BCUT2D eigenvalue weighted by molar-refractivity contribution is 14.1. The molecule has 0 aliphatic rings. The summed E-state index contributed by atoms with van der Waals surface area (Å²) in [6.07, 6.45) is 0.654. The number of halogens is 2. The van der Waals surface area contributed by atoms with E-state index in [0.717, 1.165) is 9.13 Å². The van der Waals surface area contributed by atoms with Crippen LogP contribution in [0.15, 0.2) is 48.5 Å². The number of phenols is 1. The maximum Gasteiger partial charge on any atom is 0.255 e. The fourth-order valence-corrected chi connectivity index (χ4v) is 2.67. The zero-order valence-electron chi connectivity index (χ0n) is 11.2. The predicted octanol–water partition coefficient (Wildman–Crippen LogP) is 3.58. The summed E-state index contributed by atoms with van der Waals surface area (Å²) in [6.45, 7) is 0. The van der Waals surface area contributed by atoms with Crippen molar-refractivity contribution in [2.75, 3.05) is 5.88 Å². The van der Waals surface area contributed by atoms with Crippen molar-refractivity contribution in [3.8, 4) is 5.75 Å². The van der Waals surface area contributed by atoms with Gasteiger partial charge in [-0.05, 0) is 52.8 Å². The molecule has 0 saturated carbocycles. The number of phenolic OH excluding ortho intramolecular Hbond substituents is 1. The number of carbonyl (C=O) groups excluding carboxylic acids is 1. The Balaban J connectivity index is 2.07. The zero-order chi connectivity index (χ0) is 15.2. The van der Waals surface area contributed by atoms with Crippen LogP contribution in [0, 0.1) is 3.57 Å². The smallest absolute Gasteiger partial charge is 0.255 e. The third-order valence-electron chi connectivity index (χ3n) is 3.05. The first-order valence-electron chi connectivity index (χ1n) is 6.49. The highest BCUT2D eigenvalue weighted by Gasteiger charge is 2.16. The van der Waals surface area contributed by atoms with Crippen LogP contribution in [0.4, 0.5) is 0 Å². The van der Waals surface area contributed by atoms with Crippen LogP contribution in [0.3, 0.4) is 0 Å². The molecule has 2 rings (SSSR count). The van der Waals surface area contributed by atoms with Gasteiger partial charge in [0, 0.05) is 15.5 Å². The Morgan fingerprint density at radius 3 is 2.62 bits per heavy atom. The molecule has 0 bridgehead atoms. The number of aromatic hydroxyl groups is 1. The summed E-state index contributed by atoms with van der Waals surface area (Å²) in [5, 5.41) is 12.6. The van der Waals surface area contributed by atoms with Gasteiger partial charge in [0.1, 0.15) is 5.75 Å². The Morgan fingerprint density at radius 2 is 1.95 bits per heavy atom. The van der Waals surface area contributed by atoms with Gasteiger partial charge < -0.3 is 10.4 Å². The first-order chi connectivity index (χ1) is 10.1. The molecule has 0 fully saturated rings. The van der Waals surface area contributed by atoms with Crippen molar-refractivity contribution in [3.05, 3.63) is 63.2 Å². The Labute approximate surface area is 142 Å². The lowest BCUT2D eigenvalue weighted by Crippen LogP contribution is -2.37. The number of benzene rings is 2. The van der Waals surface area contributed by atoms with E-state index in [1.54, 1.807) is 12.1 Å². The summed E-state index contributed by atoms with van der Waals surface area (Å²) in [7, 11) is 0. The summed E-state index contributed by atoms with van der Waals surface area (Å²) in [6, 6.07) is 14.6. The second-order valence-electron chi connectivity index (χ2n) is 4.68. The molecule has 21 heavy (non-hydrogen) atoms. The highest BCUT2D eigenvalue weighted by atomic mass is 127. The normalized spacial score (nSPS) is 11.9. The molecule has 110 valence electrons. The van der Waals surface area contributed by atoms with Gasteiger partial charge in [0.25, 0.3) is 5.91 Å². The topological polar surface area (TPSA) is 49.3 Å². The van der Waals surface area contributed by atoms with Gasteiger partial charge in [0.2, 0.25) is 0 Å². The molecule has 1 amide bonds. The van der Waals surface area contributed by atoms with Crippen LogP contribution in [0.25, 0.3) is 0 Å². The van der Waals surface area contributed by atoms with E-state index in [-0.39, 0.29) is 23.3 Å². The average molecular weight is 416 g/mol. The Bertz CT molecular complexity index is 619. The molecule has 0 spiro atoms. The van der Waals surface area contributed by atoms with E-state index in [4.69, 9.17) is 11.6 Å². The third kappa shape index (κ3) is 4.61. The molecule has 0 aromatic heterocycles. The maximum atomic E-state index is 12.2. The minimum absolute atomic E-state index is 0.0269. The van der Waals surface area contributed by atoms with Crippen LogP contribution in [0.1, 0.15) is 15.9 Å². The van der Waals surface area contributed by atoms with Crippen LogP contribution in [-0.2, 0) is 6.42 Å². The van der Waals surface area contributed by atoms with Gasteiger partial charge in [-0.15, -0.1) is 11.6 Å². The average Bonchev–Trinajstić information content (AvgIpc) is 2.50. The first-order valence-corrected chi connectivity index (χ1v) is 8.10. The molecule has 0 heterocycles. The number of hydrogen-bond donors (Lipinski definition) is 2. The van der Waals surface area contributed by atoms with Crippen LogP contribution >= 0.6 is 34.2 Å². The number of hydrogen-bond acceptors (Lipinski definition) is 2. The van der Waals surface area contributed by atoms with Crippen molar-refractivity contribution in [1.82, 2.24) is 5.32 Å². The number of rotatable bonds is 5. The third-order valence-corrected chi connectivity index (χ3v) is 4.09. The monoisotopic (exact) mass is 415 g/mol. The molecule has 2 aromatic carbocycles. The summed E-state index contributed by atoms with van der Waals surface area (Å²) in [4.78, 5) is 12.2. The fourth-order valence-electron chi connectivity index (χ4n) is 2.00. The van der Waals surface area contributed by atoms with E-state index < -0.39 is 0 Å². The van der Waals surface area contributed by atoms with Crippen molar-refractivity contribution in [1.29, 1.82) is 0 Å². The van der Waals surface area contributed by atoms with E-state index in [1.165, 1.54) is 6.07 Å². The van der Waals surface area contributed by atoms with Gasteiger partial charge in [-0.2, -0.15) is 0 Å². The van der Waals surface area contributed by atoms with E-state index in [1.807, 2.05) is 30.3 Å². The van der Waals surface area contributed by atoms with Crippen LogP contribution in [0.2, 0.25) is 0 Å². The molecule has 0 aliphatic heterocycles. The molecule has 1 unspecified atom stereocenters. The Hall–Kier alpha value is -1.27. The standard InChI is InChI=1S/C16H15ClINO2/c17-10-13(8-11-4-2-1-3-5-11)19-16(21)14-9-12(18)6-7-15(14)20/h1-7,9,13,20H,8,10H2,(H,19,21). The SMILES string of the molecule is O=C(NC(CCl)Cc1ccccc1)c1cc(I)ccc1O. The van der Waals surface area contributed by atoms with Gasteiger partial charge in [-0.3, -0.25) is 4.79 Å². The summed E-state index contributed by atoms with van der Waals surface area (Å²) < 4.78 is 0.890. The fraction of sp³-hybridized carbons (Fsp3) is 0.188. The number of carbonyl (C=O) groups is 1. The predicted molar refractivity (Wildman–Crippen MR) is 92.9 cm³/mol. The number of alkyl halides is 1. The van der Waals surface area contributed by atoms with Crippen molar-refractivity contribution in [3.63, 3.8) is 0 Å². The molecule has 0 aliphatic carbocycles. The van der Waals surface area contributed by atoms with Crippen LogP contribution < -0.4 is 5.32 Å². The Morgan fingerprint density at radius 1 is 1.24 bits per heavy atom. The van der Waals surface area contributed by atoms with Gasteiger partial charge in [-0.1, -0.05) is 30.3 Å². The molecular formula is C16H15ClINO2. The minimum Gasteiger partial charge on any atom is -0.507 e. The van der Waals surface area contributed by atoms with Gasteiger partial charge >= 0.3 is 0 Å². The molecular weight excluding hydrogens is 401 g/mol. The molecule has 0 radical (unpaired) electrons. The van der Waals surface area contributed by atoms with E-state index in [0.29, 0.717) is 12.3 Å². The van der Waals surface area contributed by atoms with E-state index in [2.05, 4.69) is 27.9 Å². The van der Waals surface area contributed by atoms with E-state index in [9.17, 15) is 9.90 Å². The summed E-state index contributed by atoms with van der Waals surface area (Å²) >= 11 is 8.04. The number of amides is 1. The quantitative estimate of drug-likeness (QED) is 0.579. The second kappa shape index (κ2) is 7.66. The van der Waals surface area contributed by atoms with Gasteiger partial charge in [0.05, 0.1) is 5.56 Å². The molecule has 1 atom stereocenters. The van der Waals surface area contributed by atoms with Crippen molar-refractivity contribution in [2.45, 2.75) is 12.5 Å². The molecule has 0 saturated heterocycles. The van der Waals surface area contributed by atoms with Crippen LogP contribution in [-0.4, -0.2) is 22.9 Å². The Kier molecular flexibility index (Phi) is 5.87. The number of nitrogens with one attached hydrogen (secondary N) is 1. The summed E-state index contributed by atoms with van der Waals surface area (Å²) in [5.41, 5.74) is 1.38. The zero-order valence-corrected chi connectivity index (χ0v) is 14.1. The summed E-state index contributed by atoms with van der Waals surface area (Å²) in [5.74, 6) is -0.0285. The largest absolute Gasteiger partial charge is 0.507 e. The van der Waals surface area contributed by atoms with Crippen molar-refractivity contribution >= 4 is 40.1 Å². The molecule has 2 N–H and O–H groups in total. The van der Waals surface area contributed by atoms with E-state index >= 15 is 0 Å². The lowest BCUT2D eigenvalue weighted by atomic mass is 10.1. The highest BCUT2D eigenvalue weighted by Crippen LogP contribution is 2.20. The maximum absolute atomic E-state index is 12.2. The van der Waals surface area contributed by atoms with Gasteiger partial charge in [-0.25, -0.2) is 0 Å². The van der Waals surface area contributed by atoms with Crippen molar-refractivity contribution < 1.29 is 9.90 Å². The molecule has 5 heteroatoms. The van der Waals surface area contributed by atoms with Gasteiger partial charge in [0.15, 0.2) is 0 Å². The lowest BCUT2D eigenvalue weighted by molar-refractivity contribution is 0.0938. The van der Waals surface area contributed by atoms with Crippen LogP contribution in [0.5, 0.6) is 5.75 Å². The van der Waals surface area contributed by atoms with Crippen molar-refractivity contribution in [2.24, 2.45) is 0 Å². The lowest BCUT2D eigenvalue weighted by Gasteiger charge is -2.16. The minimum atomic E-state index is -0.312. The molecule has 2 aromatic rings. The first kappa shape index (κ1) is 16.1. The molecule has 3 nitrogen and oxygen atoms in total. The second-order valence-corrected chi connectivity index (χ2v) is 6.23.